The van der Waals surface area contributed by atoms with Gasteiger partial charge in [0.25, 0.3) is 0 Å². The van der Waals surface area contributed by atoms with E-state index in [9.17, 15) is 0 Å². The maximum atomic E-state index is 5.81. The lowest BCUT2D eigenvalue weighted by Crippen LogP contribution is -2.29. The number of pyridine rings is 2. The van der Waals surface area contributed by atoms with Crippen molar-refractivity contribution in [3.05, 3.63) is 119 Å². The minimum absolute atomic E-state index is 0.246. The first-order valence-corrected chi connectivity index (χ1v) is 14.1. The summed E-state index contributed by atoms with van der Waals surface area (Å²) in [5.74, 6) is 1.45. The molecule has 1 N–H and O–H groups in total. The van der Waals surface area contributed by atoms with Crippen LogP contribution in [0.3, 0.4) is 0 Å². The highest BCUT2D eigenvalue weighted by Gasteiger charge is 2.28. The Morgan fingerprint density at radius 2 is 1.62 bits per heavy atom. The van der Waals surface area contributed by atoms with Gasteiger partial charge >= 0.3 is 6.48 Å². The van der Waals surface area contributed by atoms with Crippen LogP contribution in [0.4, 0.5) is 0 Å². The molecule has 40 heavy (non-hydrogen) atoms. The van der Waals surface area contributed by atoms with Crippen molar-refractivity contribution in [1.82, 2.24) is 20.2 Å². The van der Waals surface area contributed by atoms with Crippen molar-refractivity contribution in [3.8, 4) is 11.5 Å². The van der Waals surface area contributed by atoms with Gasteiger partial charge in [-0.25, -0.2) is 0 Å². The lowest BCUT2D eigenvalue weighted by atomic mass is 10.0. The van der Waals surface area contributed by atoms with E-state index in [0.29, 0.717) is 0 Å². The van der Waals surface area contributed by atoms with Gasteiger partial charge in [0.15, 0.2) is 11.5 Å². The maximum absolute atomic E-state index is 5.81. The summed E-state index contributed by atoms with van der Waals surface area (Å²) in [6.45, 7) is 2.49. The van der Waals surface area contributed by atoms with Crippen LogP contribution in [-0.2, 0) is 37.3 Å². The van der Waals surface area contributed by atoms with E-state index >= 15 is 0 Å². The Hall–Kier alpha value is -3.78. The molecule has 1 aliphatic carbocycles. The first kappa shape index (κ1) is 26.4. The van der Waals surface area contributed by atoms with Crippen molar-refractivity contribution in [2.24, 2.45) is 0 Å². The Morgan fingerprint density at radius 3 is 2.48 bits per heavy atom. The molecule has 2 aromatic carbocycles. The number of nitrogens with one attached hydrogen (secondary N) is 1. The van der Waals surface area contributed by atoms with Crippen LogP contribution in [0.1, 0.15) is 58.9 Å². The summed E-state index contributed by atoms with van der Waals surface area (Å²) in [7, 11) is 1.58. The summed E-state index contributed by atoms with van der Waals surface area (Å²) >= 11 is 0. The number of rotatable bonds is 10. The lowest BCUT2D eigenvalue weighted by Gasteiger charge is -2.32. The molecule has 0 saturated heterocycles. The Morgan fingerprint density at radius 1 is 0.825 bits per heavy atom. The molecule has 3 heterocycles. The van der Waals surface area contributed by atoms with Crippen molar-refractivity contribution in [2.45, 2.75) is 64.4 Å². The van der Waals surface area contributed by atoms with Gasteiger partial charge in [-0.1, -0.05) is 48.9 Å². The molecule has 0 fully saturated rings. The van der Waals surface area contributed by atoms with Crippen molar-refractivity contribution < 1.29 is 14.2 Å². The number of benzene rings is 2. The molecule has 0 radical (unpaired) electrons. The van der Waals surface area contributed by atoms with Gasteiger partial charge < -0.3 is 19.5 Å². The number of methoxy groups -OCH3 is 1. The number of ether oxygens (including phenoxy) is 3. The van der Waals surface area contributed by atoms with Gasteiger partial charge in [-0.3, -0.25) is 14.9 Å². The number of aryl methyl sites for hydroxylation is 1. The van der Waals surface area contributed by atoms with E-state index in [-0.39, 0.29) is 6.04 Å². The molecule has 4 aromatic rings. The van der Waals surface area contributed by atoms with Crippen molar-refractivity contribution in [3.63, 3.8) is 0 Å². The van der Waals surface area contributed by atoms with E-state index in [1.165, 1.54) is 40.8 Å². The molecule has 2 unspecified atom stereocenters. The number of aromatic nitrogens is 2. The first-order chi connectivity index (χ1) is 19.7. The Bertz CT molecular complexity index is 1400. The zero-order valence-corrected chi connectivity index (χ0v) is 23.0. The van der Waals surface area contributed by atoms with E-state index in [0.717, 1.165) is 56.2 Å². The second-order valence-corrected chi connectivity index (χ2v) is 10.5. The Balaban J connectivity index is 1.20. The lowest BCUT2D eigenvalue weighted by molar-refractivity contribution is -0.157. The zero-order valence-electron chi connectivity index (χ0n) is 23.0. The van der Waals surface area contributed by atoms with E-state index in [1.807, 2.05) is 36.7 Å². The van der Waals surface area contributed by atoms with Gasteiger partial charge in [-0.05, 0) is 71.8 Å². The summed E-state index contributed by atoms with van der Waals surface area (Å²) < 4.78 is 16.7. The normalized spacial score (nSPS) is 17.9. The van der Waals surface area contributed by atoms with Crippen LogP contribution in [0.25, 0.3) is 0 Å². The monoisotopic (exact) mass is 536 g/mol. The molecule has 0 amide bonds. The van der Waals surface area contributed by atoms with Crippen LogP contribution in [0, 0.1) is 0 Å². The standard InChI is InChI=1S/C33H36N4O3/c1-38-33-39-30-16-15-26(19-31(30)40-33)23-37(29-10-3-2-7-27-8-6-18-36-32(27)29)22-25-13-11-24(12-14-25)20-34-21-28-9-4-5-17-35-28/h4-6,8-9,11-19,29,33-34H,2-3,7,10,20-23H2,1H3. The molecule has 2 aromatic heterocycles. The topological polar surface area (TPSA) is 68.7 Å². The maximum Gasteiger partial charge on any atom is 0.360 e. The second kappa shape index (κ2) is 12.6. The van der Waals surface area contributed by atoms with Crippen LogP contribution in [0.2, 0.25) is 0 Å². The predicted molar refractivity (Wildman–Crippen MR) is 153 cm³/mol. The minimum Gasteiger partial charge on any atom is -0.428 e. The number of fused-ring (bicyclic) bond motifs is 2. The third-order valence-corrected chi connectivity index (χ3v) is 7.66. The molecule has 206 valence electrons. The Labute approximate surface area is 236 Å². The molecular formula is C33H36N4O3. The average Bonchev–Trinajstić information content (AvgIpc) is 3.29. The van der Waals surface area contributed by atoms with E-state index < -0.39 is 6.48 Å². The van der Waals surface area contributed by atoms with Gasteiger partial charge in [0, 0.05) is 45.7 Å². The van der Waals surface area contributed by atoms with Crippen molar-refractivity contribution >= 4 is 0 Å². The van der Waals surface area contributed by atoms with Gasteiger partial charge in [-0.2, -0.15) is 0 Å². The van der Waals surface area contributed by atoms with Gasteiger partial charge in [0.05, 0.1) is 17.4 Å². The predicted octanol–water partition coefficient (Wildman–Crippen LogP) is 5.94. The molecule has 2 aliphatic rings. The molecule has 0 spiro atoms. The quantitative estimate of drug-likeness (QED) is 0.252. The molecule has 7 heteroatoms. The molecule has 2 atom stereocenters. The van der Waals surface area contributed by atoms with Crippen molar-refractivity contribution in [2.75, 3.05) is 7.11 Å². The molecule has 1 aliphatic heterocycles. The smallest absolute Gasteiger partial charge is 0.360 e. The molecule has 7 nitrogen and oxygen atoms in total. The SMILES string of the molecule is COC1Oc2ccc(CN(Cc3ccc(CNCc4ccccn4)cc3)C3CCCCc4cccnc43)cc2O1. The number of hydrogen-bond donors (Lipinski definition) is 1. The molecule has 0 bridgehead atoms. The first-order valence-electron chi connectivity index (χ1n) is 14.1. The van der Waals surface area contributed by atoms with Gasteiger partial charge in [0.2, 0.25) is 0 Å². The fourth-order valence-electron chi connectivity index (χ4n) is 5.62. The minimum atomic E-state index is -0.684. The third kappa shape index (κ3) is 6.33. The van der Waals surface area contributed by atoms with Crippen LogP contribution < -0.4 is 14.8 Å². The molecule has 0 saturated carbocycles. The third-order valence-electron chi connectivity index (χ3n) is 7.66. The Kier molecular flexibility index (Phi) is 8.33. The van der Waals surface area contributed by atoms with E-state index in [1.54, 1.807) is 7.11 Å². The average molecular weight is 537 g/mol. The fraction of sp³-hybridized carbons (Fsp3) is 0.333. The van der Waals surface area contributed by atoms with Crippen LogP contribution >= 0.6 is 0 Å². The van der Waals surface area contributed by atoms with Crippen molar-refractivity contribution in [1.29, 1.82) is 0 Å². The largest absolute Gasteiger partial charge is 0.428 e. The van der Waals surface area contributed by atoms with Crippen LogP contribution in [-0.4, -0.2) is 28.5 Å². The molecule has 6 rings (SSSR count). The number of nitrogens with zero attached hydrogens (tertiary/aromatic N) is 3. The summed E-state index contributed by atoms with van der Waals surface area (Å²) in [5, 5.41) is 3.50. The molecular weight excluding hydrogens is 500 g/mol. The highest BCUT2D eigenvalue weighted by atomic mass is 16.9. The second-order valence-electron chi connectivity index (χ2n) is 10.5. The highest BCUT2D eigenvalue weighted by molar-refractivity contribution is 5.45. The van der Waals surface area contributed by atoms with Crippen LogP contribution in [0.5, 0.6) is 11.5 Å². The van der Waals surface area contributed by atoms with Gasteiger partial charge in [0.1, 0.15) is 0 Å². The van der Waals surface area contributed by atoms with Gasteiger partial charge in [-0.15, -0.1) is 0 Å². The zero-order chi connectivity index (χ0) is 27.1. The van der Waals surface area contributed by atoms with E-state index in [2.05, 4.69) is 63.7 Å². The number of hydrogen-bond acceptors (Lipinski definition) is 7. The highest BCUT2D eigenvalue weighted by Crippen LogP contribution is 2.38. The summed E-state index contributed by atoms with van der Waals surface area (Å²) in [5.41, 5.74) is 7.37. The van der Waals surface area contributed by atoms with E-state index in [4.69, 9.17) is 19.2 Å². The fourth-order valence-corrected chi connectivity index (χ4v) is 5.62. The summed E-state index contributed by atoms with van der Waals surface area (Å²) in [6, 6.07) is 25.7. The van der Waals surface area contributed by atoms with Crippen LogP contribution in [0.15, 0.2) is 85.2 Å². The summed E-state index contributed by atoms with van der Waals surface area (Å²) in [6.07, 6.45) is 8.35. The summed E-state index contributed by atoms with van der Waals surface area (Å²) in [4.78, 5) is 11.9.